The van der Waals surface area contributed by atoms with Crippen LogP contribution in [0.2, 0.25) is 0 Å². The second-order valence-corrected chi connectivity index (χ2v) is 6.55. The van der Waals surface area contributed by atoms with E-state index in [-0.39, 0.29) is 17.5 Å². The van der Waals surface area contributed by atoms with Gasteiger partial charge in [-0.3, -0.25) is 0 Å². The zero-order chi connectivity index (χ0) is 14.0. The fourth-order valence-electron chi connectivity index (χ4n) is 2.44. The maximum atomic E-state index is 12.6. The van der Waals surface area contributed by atoms with Crippen LogP contribution in [0, 0.1) is 18.3 Å². The molecule has 0 spiro atoms. The zero-order valence-corrected chi connectivity index (χ0v) is 11.5. The lowest BCUT2D eigenvalue weighted by molar-refractivity contribution is 0.213. The number of rotatable bonds is 3. The summed E-state index contributed by atoms with van der Waals surface area (Å²) < 4.78 is 26.5. The summed E-state index contributed by atoms with van der Waals surface area (Å²) in [5.41, 5.74) is 0.999. The van der Waals surface area contributed by atoms with Gasteiger partial charge in [-0.25, -0.2) is 8.42 Å². The molecule has 0 amide bonds. The van der Waals surface area contributed by atoms with Crippen molar-refractivity contribution in [2.24, 2.45) is 0 Å². The molecule has 0 bridgehead atoms. The number of aliphatic hydroxyl groups excluding tert-OH is 1. The Bertz CT molecular complexity index is 619. The van der Waals surface area contributed by atoms with E-state index in [0.29, 0.717) is 24.1 Å². The smallest absolute Gasteiger partial charge is 0.243 e. The SMILES string of the molecule is Cc1cc(C#N)ccc1S(=O)(=O)N1CCC[C@@H]1CO. The molecule has 1 aromatic carbocycles. The number of nitriles is 1. The minimum atomic E-state index is -3.59. The lowest BCUT2D eigenvalue weighted by Gasteiger charge is -2.23. The van der Waals surface area contributed by atoms with Gasteiger partial charge in [-0.1, -0.05) is 0 Å². The molecule has 0 aromatic heterocycles. The van der Waals surface area contributed by atoms with Gasteiger partial charge in [-0.2, -0.15) is 9.57 Å². The third-order valence-corrected chi connectivity index (χ3v) is 5.54. The standard InChI is InChI=1S/C13H16N2O3S/c1-10-7-11(8-14)4-5-13(10)19(17,18)15-6-2-3-12(15)9-16/h4-5,7,12,16H,2-3,6,9H2,1H3/t12-/m1/s1. The van der Waals surface area contributed by atoms with Crippen LogP contribution in [0.4, 0.5) is 0 Å². The molecular formula is C13H16N2O3S. The van der Waals surface area contributed by atoms with Crippen molar-refractivity contribution < 1.29 is 13.5 Å². The number of aryl methyl sites for hydroxylation is 1. The molecule has 5 nitrogen and oxygen atoms in total. The highest BCUT2D eigenvalue weighted by Crippen LogP contribution is 2.27. The van der Waals surface area contributed by atoms with E-state index < -0.39 is 10.0 Å². The van der Waals surface area contributed by atoms with Gasteiger partial charge in [-0.15, -0.1) is 0 Å². The van der Waals surface area contributed by atoms with Crippen LogP contribution in [-0.4, -0.2) is 37.0 Å². The summed E-state index contributed by atoms with van der Waals surface area (Å²) in [4.78, 5) is 0.215. The third-order valence-electron chi connectivity index (χ3n) is 3.42. The van der Waals surface area contributed by atoms with Crippen molar-refractivity contribution in [2.75, 3.05) is 13.2 Å². The van der Waals surface area contributed by atoms with Crippen molar-refractivity contribution in [2.45, 2.75) is 30.7 Å². The Morgan fingerprint density at radius 3 is 2.84 bits per heavy atom. The van der Waals surface area contributed by atoms with E-state index in [1.54, 1.807) is 13.0 Å². The van der Waals surface area contributed by atoms with Gasteiger partial charge in [0.1, 0.15) is 0 Å². The minimum Gasteiger partial charge on any atom is -0.395 e. The molecule has 1 N–H and O–H groups in total. The first-order chi connectivity index (χ1) is 9.00. The van der Waals surface area contributed by atoms with E-state index in [1.807, 2.05) is 6.07 Å². The predicted molar refractivity (Wildman–Crippen MR) is 69.9 cm³/mol. The van der Waals surface area contributed by atoms with E-state index in [2.05, 4.69) is 0 Å². The Kier molecular flexibility index (Phi) is 3.90. The zero-order valence-electron chi connectivity index (χ0n) is 10.7. The number of hydrogen-bond donors (Lipinski definition) is 1. The summed E-state index contributed by atoms with van der Waals surface area (Å²) >= 11 is 0. The van der Waals surface area contributed by atoms with Crippen LogP contribution in [0.3, 0.4) is 0 Å². The summed E-state index contributed by atoms with van der Waals surface area (Å²) in [6, 6.07) is 6.19. The van der Waals surface area contributed by atoms with Gasteiger partial charge in [0, 0.05) is 12.6 Å². The molecule has 1 aromatic rings. The van der Waals surface area contributed by atoms with Crippen molar-refractivity contribution in [1.82, 2.24) is 4.31 Å². The van der Waals surface area contributed by atoms with Crippen LogP contribution in [0.1, 0.15) is 24.0 Å². The molecule has 1 aliphatic heterocycles. The van der Waals surface area contributed by atoms with Crippen LogP contribution in [-0.2, 0) is 10.0 Å². The van der Waals surface area contributed by atoms with Gasteiger partial charge >= 0.3 is 0 Å². The van der Waals surface area contributed by atoms with Crippen LogP contribution < -0.4 is 0 Å². The molecule has 1 saturated heterocycles. The average Bonchev–Trinajstić information content (AvgIpc) is 2.87. The highest BCUT2D eigenvalue weighted by Gasteiger charge is 2.35. The van der Waals surface area contributed by atoms with Crippen molar-refractivity contribution in [3.8, 4) is 6.07 Å². The number of sulfonamides is 1. The molecule has 6 heteroatoms. The third kappa shape index (κ3) is 2.50. The number of benzene rings is 1. The molecule has 2 rings (SSSR count). The molecule has 1 atom stereocenters. The monoisotopic (exact) mass is 280 g/mol. The molecule has 102 valence electrons. The average molecular weight is 280 g/mol. The topological polar surface area (TPSA) is 81.4 Å². The number of nitrogens with zero attached hydrogens (tertiary/aromatic N) is 2. The van der Waals surface area contributed by atoms with Gasteiger partial charge in [0.25, 0.3) is 0 Å². The Morgan fingerprint density at radius 1 is 1.53 bits per heavy atom. The van der Waals surface area contributed by atoms with E-state index >= 15 is 0 Å². The second kappa shape index (κ2) is 5.29. The quantitative estimate of drug-likeness (QED) is 0.896. The van der Waals surface area contributed by atoms with Crippen molar-refractivity contribution >= 4 is 10.0 Å². The van der Waals surface area contributed by atoms with Gasteiger partial charge < -0.3 is 5.11 Å². The maximum absolute atomic E-state index is 12.6. The Labute approximate surface area is 113 Å². The summed E-state index contributed by atoms with van der Waals surface area (Å²) in [5, 5.41) is 18.1. The van der Waals surface area contributed by atoms with Gasteiger partial charge in [0.15, 0.2) is 0 Å². The van der Waals surface area contributed by atoms with Crippen LogP contribution in [0.5, 0.6) is 0 Å². The fourth-order valence-corrected chi connectivity index (χ4v) is 4.34. The highest BCUT2D eigenvalue weighted by molar-refractivity contribution is 7.89. The fraction of sp³-hybridized carbons (Fsp3) is 0.462. The number of hydrogen-bond acceptors (Lipinski definition) is 4. The molecule has 0 saturated carbocycles. The Morgan fingerprint density at radius 2 is 2.26 bits per heavy atom. The van der Waals surface area contributed by atoms with E-state index in [1.165, 1.54) is 16.4 Å². The minimum absolute atomic E-state index is 0.158. The first-order valence-electron chi connectivity index (χ1n) is 6.14. The molecule has 1 fully saturated rings. The molecule has 1 aliphatic rings. The maximum Gasteiger partial charge on any atom is 0.243 e. The lowest BCUT2D eigenvalue weighted by Crippen LogP contribution is -2.37. The van der Waals surface area contributed by atoms with Crippen molar-refractivity contribution in [1.29, 1.82) is 5.26 Å². The van der Waals surface area contributed by atoms with E-state index in [9.17, 15) is 13.5 Å². The van der Waals surface area contributed by atoms with Crippen molar-refractivity contribution in [3.05, 3.63) is 29.3 Å². The Balaban J connectivity index is 2.43. The summed E-state index contributed by atoms with van der Waals surface area (Å²) in [5.74, 6) is 0. The molecule has 0 aliphatic carbocycles. The number of aliphatic hydroxyl groups is 1. The van der Waals surface area contributed by atoms with Crippen LogP contribution in [0.25, 0.3) is 0 Å². The van der Waals surface area contributed by atoms with Gasteiger partial charge in [0.05, 0.1) is 23.1 Å². The molecule has 1 heterocycles. The normalized spacial score (nSPS) is 20.4. The molecule has 19 heavy (non-hydrogen) atoms. The second-order valence-electron chi connectivity index (χ2n) is 4.69. The lowest BCUT2D eigenvalue weighted by atomic mass is 10.2. The first kappa shape index (κ1) is 14.0. The van der Waals surface area contributed by atoms with Gasteiger partial charge in [-0.05, 0) is 43.5 Å². The van der Waals surface area contributed by atoms with Gasteiger partial charge in [0.2, 0.25) is 10.0 Å². The van der Waals surface area contributed by atoms with Crippen LogP contribution in [0.15, 0.2) is 23.1 Å². The highest BCUT2D eigenvalue weighted by atomic mass is 32.2. The molecule has 0 radical (unpaired) electrons. The summed E-state index contributed by atoms with van der Waals surface area (Å²) in [6.45, 7) is 1.96. The molecule has 0 unspecified atom stereocenters. The van der Waals surface area contributed by atoms with Crippen LogP contribution >= 0.6 is 0 Å². The van der Waals surface area contributed by atoms with E-state index in [0.717, 1.165) is 6.42 Å². The largest absolute Gasteiger partial charge is 0.395 e. The molecular weight excluding hydrogens is 264 g/mol. The summed E-state index contributed by atoms with van der Waals surface area (Å²) in [7, 11) is -3.59. The summed E-state index contributed by atoms with van der Waals surface area (Å²) in [6.07, 6.45) is 1.45. The van der Waals surface area contributed by atoms with Crippen molar-refractivity contribution in [3.63, 3.8) is 0 Å². The first-order valence-corrected chi connectivity index (χ1v) is 7.58. The van der Waals surface area contributed by atoms with E-state index in [4.69, 9.17) is 5.26 Å². The predicted octanol–water partition coefficient (Wildman–Crippen LogP) is 1.01. The Hall–Kier alpha value is -1.42.